The molecule has 0 aliphatic rings. The Balaban J connectivity index is 2.40. The Labute approximate surface area is 130 Å². The van der Waals surface area contributed by atoms with Gasteiger partial charge in [0.2, 0.25) is 0 Å². The van der Waals surface area contributed by atoms with Crippen molar-refractivity contribution < 1.29 is 19.5 Å². The summed E-state index contributed by atoms with van der Waals surface area (Å²) in [6, 6.07) is 6.84. The maximum absolute atomic E-state index is 11.8. The van der Waals surface area contributed by atoms with Crippen molar-refractivity contribution >= 4 is 45.2 Å². The summed E-state index contributed by atoms with van der Waals surface area (Å²) in [5, 5.41) is 8.47. The molecule has 1 aromatic carbocycles. The van der Waals surface area contributed by atoms with Gasteiger partial charge in [-0.25, -0.2) is 0 Å². The van der Waals surface area contributed by atoms with E-state index < -0.39 is 5.97 Å². The highest BCUT2D eigenvalue weighted by molar-refractivity contribution is 9.10. The molecule has 0 saturated heterocycles. The summed E-state index contributed by atoms with van der Waals surface area (Å²) in [5.74, 6) is -1.12. The summed E-state index contributed by atoms with van der Waals surface area (Å²) in [5.41, 5.74) is 0.505. The van der Waals surface area contributed by atoms with Gasteiger partial charge in [-0.3, -0.25) is 14.4 Å². The first-order valence-electron chi connectivity index (χ1n) is 6.02. The zero-order chi connectivity index (χ0) is 15.1. The molecular weight excluding hydrogens is 344 g/mol. The Hall–Kier alpha value is -1.14. The number of carboxylic acid groups (broad SMARTS) is 1. The van der Waals surface area contributed by atoms with Crippen LogP contribution in [-0.4, -0.2) is 33.6 Å². The second-order valence-electron chi connectivity index (χ2n) is 4.37. The van der Waals surface area contributed by atoms with Gasteiger partial charge in [0.15, 0.2) is 5.78 Å². The van der Waals surface area contributed by atoms with E-state index in [1.807, 2.05) is 0 Å². The average Bonchev–Trinajstić information content (AvgIpc) is 2.36. The van der Waals surface area contributed by atoms with Gasteiger partial charge >= 0.3 is 5.97 Å². The van der Waals surface area contributed by atoms with Crippen LogP contribution in [-0.2, 0) is 9.59 Å². The zero-order valence-electron chi connectivity index (χ0n) is 11.0. The molecule has 0 aromatic heterocycles. The van der Waals surface area contributed by atoms with E-state index in [1.165, 1.54) is 11.8 Å². The van der Waals surface area contributed by atoms with Crippen LogP contribution in [0.1, 0.15) is 30.1 Å². The first-order chi connectivity index (χ1) is 9.38. The first kappa shape index (κ1) is 16.9. The van der Waals surface area contributed by atoms with Crippen LogP contribution in [0.15, 0.2) is 28.7 Å². The third-order valence-corrected chi connectivity index (χ3v) is 4.27. The zero-order valence-corrected chi connectivity index (χ0v) is 13.4. The molecule has 0 amide bonds. The smallest absolute Gasteiger partial charge is 0.304 e. The van der Waals surface area contributed by atoms with E-state index in [9.17, 15) is 14.4 Å². The van der Waals surface area contributed by atoms with Gasteiger partial charge in [-0.05, 0) is 12.1 Å². The average molecular weight is 359 g/mol. The van der Waals surface area contributed by atoms with Crippen molar-refractivity contribution in [3.8, 4) is 0 Å². The topological polar surface area (TPSA) is 71.4 Å². The summed E-state index contributed by atoms with van der Waals surface area (Å²) in [6.45, 7) is 1.75. The lowest BCUT2D eigenvalue weighted by molar-refractivity contribution is -0.136. The van der Waals surface area contributed by atoms with E-state index >= 15 is 0 Å². The minimum Gasteiger partial charge on any atom is -0.481 e. The van der Waals surface area contributed by atoms with Gasteiger partial charge in [-0.2, -0.15) is 11.8 Å². The third-order valence-electron chi connectivity index (χ3n) is 2.51. The summed E-state index contributed by atoms with van der Waals surface area (Å²) in [6.07, 6.45) is -0.132. The number of aliphatic carboxylic acids is 1. The highest BCUT2D eigenvalue weighted by Crippen LogP contribution is 2.16. The number of carboxylic acids is 1. The van der Waals surface area contributed by atoms with Crippen LogP contribution in [0.2, 0.25) is 0 Å². The molecule has 1 atom stereocenters. The van der Waals surface area contributed by atoms with Gasteiger partial charge in [-0.1, -0.05) is 35.0 Å². The van der Waals surface area contributed by atoms with Crippen LogP contribution in [0, 0.1) is 0 Å². The van der Waals surface area contributed by atoms with E-state index in [0.717, 1.165) is 4.47 Å². The molecule has 1 unspecified atom stereocenters. The normalized spacial score (nSPS) is 11.9. The molecule has 0 radical (unpaired) electrons. The molecule has 0 bridgehead atoms. The standard InChI is InChI=1S/C14H15BrO4S/c1-9(6-14(18)19)20-8-12(16)7-13(17)10-2-4-11(15)5-3-10/h2-5,9H,6-8H2,1H3,(H,18,19). The molecule has 1 rings (SSSR count). The van der Waals surface area contributed by atoms with E-state index in [0.29, 0.717) is 5.56 Å². The van der Waals surface area contributed by atoms with E-state index in [1.54, 1.807) is 31.2 Å². The maximum atomic E-state index is 11.8. The van der Waals surface area contributed by atoms with Crippen LogP contribution in [0.5, 0.6) is 0 Å². The molecule has 0 spiro atoms. The number of carbonyl (C=O) groups excluding carboxylic acids is 2. The number of halogens is 1. The lowest BCUT2D eigenvalue weighted by atomic mass is 10.1. The second kappa shape index (κ2) is 8.21. The Bertz CT molecular complexity index is 498. The van der Waals surface area contributed by atoms with Crippen molar-refractivity contribution in [2.24, 2.45) is 0 Å². The van der Waals surface area contributed by atoms with Gasteiger partial charge < -0.3 is 5.11 Å². The molecule has 0 saturated carbocycles. The number of hydrogen-bond acceptors (Lipinski definition) is 4. The molecule has 0 fully saturated rings. The van der Waals surface area contributed by atoms with Crippen LogP contribution in [0.3, 0.4) is 0 Å². The predicted octanol–water partition coefficient (Wildman–Crippen LogP) is 3.19. The molecule has 0 heterocycles. The van der Waals surface area contributed by atoms with Crippen molar-refractivity contribution in [1.82, 2.24) is 0 Å². The number of thioether (sulfide) groups is 1. The second-order valence-corrected chi connectivity index (χ2v) is 6.71. The molecule has 6 heteroatoms. The molecule has 4 nitrogen and oxygen atoms in total. The fourth-order valence-corrected chi connectivity index (χ4v) is 2.61. The minimum atomic E-state index is -0.886. The predicted molar refractivity (Wildman–Crippen MR) is 82.3 cm³/mol. The number of Topliss-reactive ketones (excluding diaryl/α,β-unsaturated/α-hetero) is 2. The first-order valence-corrected chi connectivity index (χ1v) is 7.86. The molecular formula is C14H15BrO4S. The van der Waals surface area contributed by atoms with Crippen LogP contribution in [0.4, 0.5) is 0 Å². The van der Waals surface area contributed by atoms with E-state index in [-0.39, 0.29) is 35.4 Å². The van der Waals surface area contributed by atoms with Crippen LogP contribution < -0.4 is 0 Å². The molecule has 108 valence electrons. The summed E-state index contributed by atoms with van der Waals surface area (Å²) in [7, 11) is 0. The molecule has 1 N–H and O–H groups in total. The van der Waals surface area contributed by atoms with Gasteiger partial charge in [-0.15, -0.1) is 0 Å². The van der Waals surface area contributed by atoms with Crippen molar-refractivity contribution in [3.63, 3.8) is 0 Å². The number of ketones is 2. The lowest BCUT2D eigenvalue weighted by Gasteiger charge is -2.07. The van der Waals surface area contributed by atoms with Crippen molar-refractivity contribution in [1.29, 1.82) is 0 Å². The van der Waals surface area contributed by atoms with Crippen molar-refractivity contribution in [2.45, 2.75) is 25.0 Å². The molecule has 20 heavy (non-hydrogen) atoms. The van der Waals surface area contributed by atoms with E-state index in [2.05, 4.69) is 15.9 Å². The van der Waals surface area contributed by atoms with Gasteiger partial charge in [0, 0.05) is 15.3 Å². The molecule has 0 aliphatic heterocycles. The summed E-state index contributed by atoms with van der Waals surface area (Å²) < 4.78 is 0.874. The van der Waals surface area contributed by atoms with Crippen LogP contribution in [0.25, 0.3) is 0 Å². The van der Waals surface area contributed by atoms with E-state index in [4.69, 9.17) is 5.11 Å². The van der Waals surface area contributed by atoms with Gasteiger partial charge in [0.25, 0.3) is 0 Å². The van der Waals surface area contributed by atoms with Gasteiger partial charge in [0.05, 0.1) is 18.6 Å². The minimum absolute atomic E-state index is 0.0125. The number of benzene rings is 1. The largest absolute Gasteiger partial charge is 0.481 e. The van der Waals surface area contributed by atoms with Crippen molar-refractivity contribution in [2.75, 3.05) is 5.75 Å². The fraction of sp³-hybridized carbons (Fsp3) is 0.357. The summed E-state index contributed by atoms with van der Waals surface area (Å²) >= 11 is 4.54. The van der Waals surface area contributed by atoms with Crippen molar-refractivity contribution in [3.05, 3.63) is 34.3 Å². The molecule has 0 aliphatic carbocycles. The highest BCUT2D eigenvalue weighted by Gasteiger charge is 2.14. The number of carbonyl (C=O) groups is 3. The quantitative estimate of drug-likeness (QED) is 0.570. The highest BCUT2D eigenvalue weighted by atomic mass is 79.9. The molecule has 1 aromatic rings. The van der Waals surface area contributed by atoms with Crippen LogP contribution >= 0.6 is 27.7 Å². The SMILES string of the molecule is CC(CC(=O)O)SCC(=O)CC(=O)c1ccc(Br)cc1. The Morgan fingerprint density at radius 2 is 1.85 bits per heavy atom. The Morgan fingerprint density at radius 1 is 1.25 bits per heavy atom. The lowest BCUT2D eigenvalue weighted by Crippen LogP contribution is -2.13. The fourth-order valence-electron chi connectivity index (χ4n) is 1.51. The third kappa shape index (κ3) is 6.34. The maximum Gasteiger partial charge on any atom is 0.304 e. The van der Waals surface area contributed by atoms with Gasteiger partial charge in [0.1, 0.15) is 5.78 Å². The summed E-state index contributed by atoms with van der Waals surface area (Å²) in [4.78, 5) is 34.0. The Kier molecular flexibility index (Phi) is 6.95. The monoisotopic (exact) mass is 358 g/mol. The Morgan fingerprint density at radius 3 is 2.40 bits per heavy atom. The number of hydrogen-bond donors (Lipinski definition) is 1. The number of rotatable bonds is 8.